The molecule has 0 radical (unpaired) electrons. The first kappa shape index (κ1) is 14.2. The van der Waals surface area contributed by atoms with Gasteiger partial charge in [-0.25, -0.2) is 0 Å². The van der Waals surface area contributed by atoms with E-state index < -0.39 is 9.17 Å². The van der Waals surface area contributed by atoms with Gasteiger partial charge in [-0.15, -0.1) is 0 Å². The van der Waals surface area contributed by atoms with Gasteiger partial charge in [0, 0.05) is 0 Å². The van der Waals surface area contributed by atoms with Crippen LogP contribution in [0.2, 0.25) is 0 Å². The average molecular weight is 192 g/mol. The maximum absolute atomic E-state index is 8.74. The zero-order chi connectivity index (χ0) is 9.82. The van der Waals surface area contributed by atoms with E-state index in [0.29, 0.717) is 0 Å². The van der Waals surface area contributed by atoms with Gasteiger partial charge in [0.05, 0.1) is 0 Å². The van der Waals surface area contributed by atoms with Gasteiger partial charge in [-0.3, -0.25) is 4.46 Å². The van der Waals surface area contributed by atoms with Gasteiger partial charge in [-0.2, -0.15) is 0 Å². The quantitative estimate of drug-likeness (QED) is 0.515. The molecule has 12 heavy (non-hydrogen) atoms. The van der Waals surface area contributed by atoms with Crippen molar-refractivity contribution >= 4 is 9.17 Å². The maximum Gasteiger partial charge on any atom is 0.761 e. The van der Waals surface area contributed by atoms with Crippen molar-refractivity contribution < 1.29 is 14.1 Å². The lowest BCUT2D eigenvalue weighted by atomic mass is 10.1. The Balaban J connectivity index is 0. The maximum atomic E-state index is 8.74. The van der Waals surface area contributed by atoms with E-state index in [1.807, 2.05) is 0 Å². The molecule has 0 unspecified atom stereocenters. The van der Waals surface area contributed by atoms with Gasteiger partial charge < -0.3 is 9.59 Å². The van der Waals surface area contributed by atoms with Crippen LogP contribution in [-0.2, 0) is 4.46 Å². The fourth-order valence-corrected chi connectivity index (χ4v) is 0.854. The lowest BCUT2D eigenvalue weighted by Gasteiger charge is -1.93. The van der Waals surface area contributed by atoms with Crippen LogP contribution in [-0.4, -0.2) is 18.8 Å². The third-order valence-corrected chi connectivity index (χ3v) is 1.46. The summed E-state index contributed by atoms with van der Waals surface area (Å²) in [6.07, 6.45) is 8.49. The molecule has 0 saturated heterocycles. The van der Waals surface area contributed by atoms with Crippen molar-refractivity contribution in [3.05, 3.63) is 0 Å². The zero-order valence-electron chi connectivity index (χ0n) is 8.05. The van der Waals surface area contributed by atoms with E-state index in [-0.39, 0.29) is 0 Å². The SMILES string of the molecule is CCCCCCCC.O=[Si](O)O. The van der Waals surface area contributed by atoms with Crippen molar-refractivity contribution in [3.8, 4) is 0 Å². The molecule has 0 aliphatic heterocycles. The largest absolute Gasteiger partial charge is 0.761 e. The van der Waals surface area contributed by atoms with Crippen LogP contribution in [0, 0.1) is 0 Å². The summed E-state index contributed by atoms with van der Waals surface area (Å²) >= 11 is 0. The summed E-state index contributed by atoms with van der Waals surface area (Å²) < 4.78 is 8.74. The van der Waals surface area contributed by atoms with E-state index in [1.54, 1.807) is 0 Å². The van der Waals surface area contributed by atoms with Crippen molar-refractivity contribution in [2.75, 3.05) is 0 Å². The normalized spacial score (nSPS) is 8.50. The Hall–Kier alpha value is -0.383. The number of hydrogen-bond acceptors (Lipinski definition) is 1. The van der Waals surface area contributed by atoms with E-state index in [4.69, 9.17) is 14.1 Å². The summed E-state index contributed by atoms with van der Waals surface area (Å²) in [7, 11) is -3.13. The van der Waals surface area contributed by atoms with Crippen molar-refractivity contribution in [1.82, 2.24) is 0 Å². The topological polar surface area (TPSA) is 57.5 Å². The molecule has 74 valence electrons. The fourth-order valence-electron chi connectivity index (χ4n) is 0.854. The van der Waals surface area contributed by atoms with E-state index >= 15 is 0 Å². The molecule has 0 rings (SSSR count). The van der Waals surface area contributed by atoms with Crippen molar-refractivity contribution in [2.24, 2.45) is 0 Å². The molecular weight excluding hydrogens is 172 g/mol. The summed E-state index contributed by atoms with van der Waals surface area (Å²) in [5.41, 5.74) is 0. The molecule has 3 nitrogen and oxygen atoms in total. The standard InChI is InChI=1S/C8H18.H2O3Si/c1-3-5-7-8-6-4-2;1-4(2)3/h3-8H2,1-2H3;1-2H. The Bertz CT molecular complexity index is 86.3. The van der Waals surface area contributed by atoms with Gasteiger partial charge in [-0.05, 0) is 0 Å². The van der Waals surface area contributed by atoms with E-state index in [2.05, 4.69) is 13.8 Å². The molecule has 0 saturated carbocycles. The highest BCUT2D eigenvalue weighted by atomic mass is 28.3. The summed E-state index contributed by atoms with van der Waals surface area (Å²) in [6, 6.07) is 0. The van der Waals surface area contributed by atoms with Crippen LogP contribution in [0.3, 0.4) is 0 Å². The first-order valence-corrected chi connectivity index (χ1v) is 5.87. The van der Waals surface area contributed by atoms with Crippen LogP contribution in [0.25, 0.3) is 0 Å². The zero-order valence-corrected chi connectivity index (χ0v) is 9.05. The van der Waals surface area contributed by atoms with Crippen LogP contribution in [0.4, 0.5) is 0 Å². The van der Waals surface area contributed by atoms with Gasteiger partial charge in [0.15, 0.2) is 0 Å². The Morgan fingerprint density at radius 3 is 1.33 bits per heavy atom. The minimum Gasteiger partial charge on any atom is -0.511 e. The van der Waals surface area contributed by atoms with Crippen LogP contribution in [0.5, 0.6) is 0 Å². The molecule has 0 heterocycles. The smallest absolute Gasteiger partial charge is 0.511 e. The molecule has 0 aromatic rings. The molecule has 0 aromatic carbocycles. The Labute approximate surface area is 76.3 Å². The Kier molecular flexibility index (Phi) is 15.6. The van der Waals surface area contributed by atoms with Gasteiger partial charge in [0.25, 0.3) is 0 Å². The van der Waals surface area contributed by atoms with Crippen LogP contribution in [0.15, 0.2) is 0 Å². The molecule has 0 aliphatic rings. The van der Waals surface area contributed by atoms with Crippen molar-refractivity contribution in [3.63, 3.8) is 0 Å². The second-order valence-electron chi connectivity index (χ2n) is 2.70. The van der Waals surface area contributed by atoms with Gasteiger partial charge in [0.1, 0.15) is 0 Å². The molecule has 0 atom stereocenters. The third-order valence-electron chi connectivity index (χ3n) is 1.46. The predicted octanol–water partition coefficient (Wildman–Crippen LogP) is 1.75. The molecule has 0 spiro atoms. The lowest BCUT2D eigenvalue weighted by molar-refractivity contribution is 0.330. The second kappa shape index (κ2) is 13.2. The van der Waals surface area contributed by atoms with Gasteiger partial charge in [-0.1, -0.05) is 52.4 Å². The number of unbranched alkanes of at least 4 members (excludes halogenated alkanes) is 5. The number of hydrogen-bond donors (Lipinski definition) is 2. The van der Waals surface area contributed by atoms with Crippen molar-refractivity contribution in [1.29, 1.82) is 0 Å². The first-order valence-electron chi connectivity index (χ1n) is 4.57. The summed E-state index contributed by atoms with van der Waals surface area (Å²) in [6.45, 7) is 4.51. The molecular formula is C8H20O3Si. The molecule has 0 bridgehead atoms. The van der Waals surface area contributed by atoms with E-state index in [1.165, 1.54) is 38.5 Å². The lowest BCUT2D eigenvalue weighted by Crippen LogP contribution is -1.90. The highest BCUT2D eigenvalue weighted by Crippen LogP contribution is 2.03. The summed E-state index contributed by atoms with van der Waals surface area (Å²) in [4.78, 5) is 14.3. The van der Waals surface area contributed by atoms with E-state index in [9.17, 15) is 0 Å². The van der Waals surface area contributed by atoms with E-state index in [0.717, 1.165) is 0 Å². The van der Waals surface area contributed by atoms with Gasteiger partial charge in [0.2, 0.25) is 0 Å². The molecule has 0 fully saturated rings. The monoisotopic (exact) mass is 192 g/mol. The first-order chi connectivity index (χ1) is 5.65. The van der Waals surface area contributed by atoms with Gasteiger partial charge >= 0.3 is 9.17 Å². The van der Waals surface area contributed by atoms with Crippen LogP contribution in [0.1, 0.15) is 52.4 Å². The molecule has 2 N–H and O–H groups in total. The molecule has 0 aliphatic carbocycles. The number of rotatable bonds is 5. The third kappa shape index (κ3) is 33.5. The van der Waals surface area contributed by atoms with Crippen LogP contribution < -0.4 is 0 Å². The highest BCUT2D eigenvalue weighted by molar-refractivity contribution is 6.22. The van der Waals surface area contributed by atoms with Crippen LogP contribution >= 0.6 is 0 Å². The second-order valence-corrected chi connectivity index (χ2v) is 3.26. The summed E-state index contributed by atoms with van der Waals surface area (Å²) in [5.74, 6) is 0. The molecule has 0 aromatic heterocycles. The Morgan fingerprint density at radius 1 is 0.917 bits per heavy atom. The fraction of sp³-hybridized carbons (Fsp3) is 1.00. The summed E-state index contributed by atoms with van der Waals surface area (Å²) in [5, 5.41) is 0. The predicted molar refractivity (Wildman–Crippen MR) is 49.9 cm³/mol. The minimum atomic E-state index is -3.13. The highest BCUT2D eigenvalue weighted by Gasteiger charge is 1.85. The molecule has 4 heteroatoms. The average Bonchev–Trinajstić information content (AvgIpc) is 1.97. The minimum absolute atomic E-state index is 1.36. The van der Waals surface area contributed by atoms with Crippen molar-refractivity contribution in [2.45, 2.75) is 52.4 Å². The Morgan fingerprint density at radius 2 is 1.17 bits per heavy atom. The molecule has 0 amide bonds.